The smallest absolute Gasteiger partial charge is 0.222 e. The van der Waals surface area contributed by atoms with Crippen LogP contribution in [0.2, 0.25) is 0 Å². The molecule has 17 heavy (non-hydrogen) atoms. The van der Waals surface area contributed by atoms with E-state index in [0.717, 1.165) is 45.2 Å². The van der Waals surface area contributed by atoms with Crippen LogP contribution in [0.15, 0.2) is 0 Å². The number of nitrogens with one attached hydrogen (secondary N) is 1. The van der Waals surface area contributed by atoms with Crippen LogP contribution in [0.25, 0.3) is 0 Å². The van der Waals surface area contributed by atoms with Crippen molar-refractivity contribution in [1.82, 2.24) is 10.2 Å². The molecule has 2 fully saturated rings. The predicted molar refractivity (Wildman–Crippen MR) is 66.6 cm³/mol. The molecule has 2 N–H and O–H groups in total. The van der Waals surface area contributed by atoms with E-state index < -0.39 is 5.60 Å². The molecule has 0 spiro atoms. The van der Waals surface area contributed by atoms with Crippen LogP contribution < -0.4 is 5.32 Å². The first kappa shape index (κ1) is 12.8. The van der Waals surface area contributed by atoms with Gasteiger partial charge in [-0.05, 0) is 38.3 Å². The molecule has 98 valence electrons. The van der Waals surface area contributed by atoms with Crippen LogP contribution in [0.1, 0.15) is 38.5 Å². The zero-order valence-corrected chi connectivity index (χ0v) is 10.7. The Morgan fingerprint density at radius 2 is 2.18 bits per heavy atom. The lowest BCUT2D eigenvalue weighted by atomic mass is 10.0. The SMILES string of the molecule is CN(CC1(O)CCCC1)C(=O)CC1CCNC1. The van der Waals surface area contributed by atoms with E-state index in [1.54, 1.807) is 4.90 Å². The molecular weight excluding hydrogens is 216 g/mol. The molecular formula is C13H24N2O2. The van der Waals surface area contributed by atoms with Crippen molar-refractivity contribution in [2.75, 3.05) is 26.7 Å². The van der Waals surface area contributed by atoms with E-state index in [1.807, 2.05) is 7.05 Å². The second kappa shape index (κ2) is 5.36. The van der Waals surface area contributed by atoms with Gasteiger partial charge in [0, 0.05) is 20.0 Å². The number of aliphatic hydroxyl groups is 1. The van der Waals surface area contributed by atoms with Gasteiger partial charge < -0.3 is 15.3 Å². The molecule has 4 heteroatoms. The fourth-order valence-corrected chi connectivity index (χ4v) is 3.01. The van der Waals surface area contributed by atoms with Crippen LogP contribution in [-0.4, -0.2) is 48.2 Å². The Balaban J connectivity index is 1.78. The Hall–Kier alpha value is -0.610. The minimum absolute atomic E-state index is 0.180. The standard InChI is InChI=1S/C13H24N2O2/c1-15(10-13(17)5-2-3-6-13)12(16)8-11-4-7-14-9-11/h11,14,17H,2-10H2,1H3. The molecule has 1 aliphatic heterocycles. The Labute approximate surface area is 103 Å². The summed E-state index contributed by atoms with van der Waals surface area (Å²) in [7, 11) is 1.82. The summed E-state index contributed by atoms with van der Waals surface area (Å²) in [5, 5.41) is 13.5. The van der Waals surface area contributed by atoms with E-state index >= 15 is 0 Å². The van der Waals surface area contributed by atoms with Gasteiger partial charge >= 0.3 is 0 Å². The van der Waals surface area contributed by atoms with Crippen molar-refractivity contribution in [1.29, 1.82) is 0 Å². The average Bonchev–Trinajstić information content (AvgIpc) is 2.90. The largest absolute Gasteiger partial charge is 0.388 e. The summed E-state index contributed by atoms with van der Waals surface area (Å²) >= 11 is 0. The van der Waals surface area contributed by atoms with E-state index in [9.17, 15) is 9.90 Å². The van der Waals surface area contributed by atoms with Crippen LogP contribution >= 0.6 is 0 Å². The van der Waals surface area contributed by atoms with Crippen molar-refractivity contribution >= 4 is 5.91 Å². The van der Waals surface area contributed by atoms with Crippen molar-refractivity contribution < 1.29 is 9.90 Å². The van der Waals surface area contributed by atoms with Crippen LogP contribution in [-0.2, 0) is 4.79 Å². The molecule has 1 unspecified atom stereocenters. The molecule has 0 aromatic heterocycles. The maximum absolute atomic E-state index is 12.0. The van der Waals surface area contributed by atoms with Crippen molar-refractivity contribution in [3.8, 4) is 0 Å². The zero-order valence-electron chi connectivity index (χ0n) is 10.7. The Kier molecular flexibility index (Phi) is 4.05. The monoisotopic (exact) mass is 240 g/mol. The molecule has 1 atom stereocenters. The second-order valence-corrected chi connectivity index (χ2v) is 5.74. The highest BCUT2D eigenvalue weighted by atomic mass is 16.3. The van der Waals surface area contributed by atoms with E-state index in [-0.39, 0.29) is 5.91 Å². The van der Waals surface area contributed by atoms with Gasteiger partial charge in [0.15, 0.2) is 0 Å². The normalized spacial score (nSPS) is 27.3. The van der Waals surface area contributed by atoms with Gasteiger partial charge in [0.05, 0.1) is 5.60 Å². The molecule has 2 aliphatic rings. The number of rotatable bonds is 4. The lowest BCUT2D eigenvalue weighted by molar-refractivity contribution is -0.134. The summed E-state index contributed by atoms with van der Waals surface area (Å²) in [4.78, 5) is 13.7. The van der Waals surface area contributed by atoms with Crippen LogP contribution in [0.3, 0.4) is 0 Å². The van der Waals surface area contributed by atoms with Gasteiger partial charge in [0.25, 0.3) is 0 Å². The fourth-order valence-electron chi connectivity index (χ4n) is 3.01. The fraction of sp³-hybridized carbons (Fsp3) is 0.923. The second-order valence-electron chi connectivity index (χ2n) is 5.74. The van der Waals surface area contributed by atoms with Gasteiger partial charge in [0.2, 0.25) is 5.91 Å². The lowest BCUT2D eigenvalue weighted by Gasteiger charge is -2.29. The van der Waals surface area contributed by atoms with E-state index in [0.29, 0.717) is 18.9 Å². The Morgan fingerprint density at radius 3 is 2.76 bits per heavy atom. The molecule has 4 nitrogen and oxygen atoms in total. The maximum atomic E-state index is 12.0. The van der Waals surface area contributed by atoms with E-state index in [4.69, 9.17) is 0 Å². The van der Waals surface area contributed by atoms with Crippen molar-refractivity contribution in [2.45, 2.75) is 44.1 Å². The highest BCUT2D eigenvalue weighted by Gasteiger charge is 2.33. The number of amides is 1. The maximum Gasteiger partial charge on any atom is 0.222 e. The summed E-state index contributed by atoms with van der Waals surface area (Å²) < 4.78 is 0. The predicted octanol–water partition coefficient (Wildman–Crippen LogP) is 0.749. The van der Waals surface area contributed by atoms with Gasteiger partial charge in [-0.15, -0.1) is 0 Å². The molecule has 1 aliphatic carbocycles. The summed E-state index contributed by atoms with van der Waals surface area (Å²) in [5.74, 6) is 0.669. The number of carbonyl (C=O) groups excluding carboxylic acids is 1. The minimum Gasteiger partial charge on any atom is -0.388 e. The Bertz CT molecular complexity index is 269. The van der Waals surface area contributed by atoms with Gasteiger partial charge in [-0.2, -0.15) is 0 Å². The van der Waals surface area contributed by atoms with Crippen LogP contribution in [0, 0.1) is 5.92 Å². The first-order valence-electron chi connectivity index (χ1n) is 6.76. The molecule has 2 rings (SSSR count). The molecule has 1 heterocycles. The third-order valence-electron chi connectivity index (χ3n) is 4.12. The molecule has 1 amide bonds. The molecule has 0 radical (unpaired) electrons. The van der Waals surface area contributed by atoms with E-state index in [1.165, 1.54) is 0 Å². The van der Waals surface area contributed by atoms with Crippen LogP contribution in [0.5, 0.6) is 0 Å². The van der Waals surface area contributed by atoms with Gasteiger partial charge in [-0.3, -0.25) is 4.79 Å². The van der Waals surface area contributed by atoms with Gasteiger partial charge in [-0.25, -0.2) is 0 Å². The number of carbonyl (C=O) groups is 1. The van der Waals surface area contributed by atoms with E-state index in [2.05, 4.69) is 5.32 Å². The summed E-state index contributed by atoms with van der Waals surface area (Å²) in [6, 6.07) is 0. The molecule has 0 aromatic rings. The average molecular weight is 240 g/mol. The molecule has 1 saturated carbocycles. The lowest BCUT2D eigenvalue weighted by Crippen LogP contribution is -2.42. The van der Waals surface area contributed by atoms with Crippen LogP contribution in [0.4, 0.5) is 0 Å². The third kappa shape index (κ3) is 3.42. The zero-order chi connectivity index (χ0) is 12.3. The number of likely N-dealkylation sites (N-methyl/N-ethyl adjacent to an activating group) is 1. The summed E-state index contributed by atoms with van der Waals surface area (Å²) in [6.45, 7) is 2.50. The van der Waals surface area contributed by atoms with Gasteiger partial charge in [-0.1, -0.05) is 12.8 Å². The Morgan fingerprint density at radius 1 is 1.47 bits per heavy atom. The van der Waals surface area contributed by atoms with Crippen molar-refractivity contribution in [3.63, 3.8) is 0 Å². The minimum atomic E-state index is -0.613. The first-order chi connectivity index (χ1) is 8.09. The number of hydrogen-bond donors (Lipinski definition) is 2. The topological polar surface area (TPSA) is 52.6 Å². The van der Waals surface area contributed by atoms with Crippen molar-refractivity contribution in [2.24, 2.45) is 5.92 Å². The molecule has 1 saturated heterocycles. The summed E-state index contributed by atoms with van der Waals surface area (Å²) in [5.41, 5.74) is -0.613. The highest BCUT2D eigenvalue weighted by Crippen LogP contribution is 2.30. The van der Waals surface area contributed by atoms with Crippen molar-refractivity contribution in [3.05, 3.63) is 0 Å². The van der Waals surface area contributed by atoms with Gasteiger partial charge in [0.1, 0.15) is 0 Å². The molecule has 0 aromatic carbocycles. The highest BCUT2D eigenvalue weighted by molar-refractivity contribution is 5.76. The number of hydrogen-bond acceptors (Lipinski definition) is 3. The summed E-state index contributed by atoms with van der Waals surface area (Å²) in [6.07, 6.45) is 5.59. The number of nitrogens with zero attached hydrogens (tertiary/aromatic N) is 1. The molecule has 0 bridgehead atoms. The first-order valence-corrected chi connectivity index (χ1v) is 6.76. The third-order valence-corrected chi connectivity index (χ3v) is 4.12. The quantitative estimate of drug-likeness (QED) is 0.762.